The number of rotatable bonds is 9. The maximum atomic E-state index is 12.4. The summed E-state index contributed by atoms with van der Waals surface area (Å²) < 4.78 is 0.759. The predicted molar refractivity (Wildman–Crippen MR) is 114 cm³/mol. The summed E-state index contributed by atoms with van der Waals surface area (Å²) in [5, 5.41) is 14.9. The molecule has 0 radical (unpaired) electrons. The molecule has 0 aliphatic rings. The third-order valence-corrected chi connectivity index (χ3v) is 5.67. The number of nitrogens with zero attached hydrogens (tertiary/aromatic N) is 2. The number of aromatic nitrogens is 2. The molecule has 3 aromatic rings. The molecule has 0 atom stereocenters. The molecule has 2 aromatic carbocycles. The molecule has 0 spiro atoms. The number of benzene rings is 2. The fraction of sp³-hybridized carbons (Fsp3) is 0.150. The molecular weight excluding hydrogens is 376 g/mol. The first-order valence-electron chi connectivity index (χ1n) is 8.47. The Hall–Kier alpha value is -2.64. The van der Waals surface area contributed by atoms with E-state index in [9.17, 15) is 4.79 Å². The Morgan fingerprint density at radius 2 is 1.89 bits per heavy atom. The highest BCUT2D eigenvalue weighted by atomic mass is 32.2. The smallest absolute Gasteiger partial charge is 0.234 e. The first-order chi connectivity index (χ1) is 13.2. The van der Waals surface area contributed by atoms with Crippen molar-refractivity contribution in [2.75, 3.05) is 22.9 Å². The zero-order valence-corrected chi connectivity index (χ0v) is 16.4. The molecule has 0 fully saturated rings. The van der Waals surface area contributed by atoms with Crippen LogP contribution in [0.2, 0.25) is 0 Å². The molecule has 2 N–H and O–H groups in total. The summed E-state index contributed by atoms with van der Waals surface area (Å²) in [6.07, 6.45) is 2.54. The Bertz CT molecular complexity index is 896. The monoisotopic (exact) mass is 396 g/mol. The van der Waals surface area contributed by atoms with Crippen molar-refractivity contribution in [3.8, 4) is 0 Å². The molecule has 0 aliphatic carbocycles. The minimum Gasteiger partial charge on any atom is -0.357 e. The van der Waals surface area contributed by atoms with Crippen LogP contribution < -0.4 is 10.6 Å². The van der Waals surface area contributed by atoms with Crippen LogP contribution in [0.5, 0.6) is 0 Å². The molecule has 1 heterocycles. The van der Waals surface area contributed by atoms with Crippen molar-refractivity contribution >= 4 is 39.8 Å². The molecule has 5 nitrogen and oxygen atoms in total. The molecule has 7 heteroatoms. The number of carbonyl (C=O) groups excluding carboxylic acids is 1. The van der Waals surface area contributed by atoms with E-state index in [2.05, 4.69) is 39.5 Å². The Morgan fingerprint density at radius 1 is 1.11 bits per heavy atom. The molecule has 3 rings (SSSR count). The quantitative estimate of drug-likeness (QED) is 0.413. The summed E-state index contributed by atoms with van der Waals surface area (Å²) in [6, 6.07) is 18.1. The summed E-state index contributed by atoms with van der Waals surface area (Å²) in [4.78, 5) is 12.4. The zero-order valence-electron chi connectivity index (χ0n) is 14.7. The summed E-state index contributed by atoms with van der Waals surface area (Å²) in [5.74, 6) is 0.228. The summed E-state index contributed by atoms with van der Waals surface area (Å²) in [6.45, 7) is 4.29. The van der Waals surface area contributed by atoms with E-state index in [1.54, 1.807) is 6.08 Å². The van der Waals surface area contributed by atoms with Gasteiger partial charge in [0.1, 0.15) is 0 Å². The number of para-hydroxylation sites is 1. The number of anilines is 2. The number of hydrogen-bond acceptors (Lipinski definition) is 6. The van der Waals surface area contributed by atoms with Crippen molar-refractivity contribution in [3.63, 3.8) is 0 Å². The molecule has 1 aromatic heterocycles. The van der Waals surface area contributed by atoms with Gasteiger partial charge in [0, 0.05) is 12.2 Å². The van der Waals surface area contributed by atoms with Crippen LogP contribution in [0.4, 0.5) is 10.8 Å². The van der Waals surface area contributed by atoms with E-state index < -0.39 is 0 Å². The van der Waals surface area contributed by atoms with Gasteiger partial charge in [0.25, 0.3) is 0 Å². The van der Waals surface area contributed by atoms with Gasteiger partial charge in [-0.05, 0) is 23.6 Å². The van der Waals surface area contributed by atoms with Crippen LogP contribution in [0, 0.1) is 0 Å². The van der Waals surface area contributed by atoms with E-state index in [1.807, 2.05) is 42.5 Å². The number of thioether (sulfide) groups is 1. The maximum Gasteiger partial charge on any atom is 0.234 e. The van der Waals surface area contributed by atoms with Gasteiger partial charge >= 0.3 is 0 Å². The van der Waals surface area contributed by atoms with E-state index in [0.717, 1.165) is 27.1 Å². The van der Waals surface area contributed by atoms with Crippen LogP contribution in [0.1, 0.15) is 11.1 Å². The molecule has 0 saturated heterocycles. The van der Waals surface area contributed by atoms with Crippen LogP contribution in [-0.2, 0) is 11.2 Å². The van der Waals surface area contributed by atoms with Gasteiger partial charge in [0.05, 0.1) is 5.75 Å². The van der Waals surface area contributed by atoms with Crippen molar-refractivity contribution in [2.24, 2.45) is 0 Å². The van der Waals surface area contributed by atoms with Gasteiger partial charge in [-0.1, -0.05) is 77.7 Å². The SMILES string of the molecule is C=CCNc1nnc(SCC(=O)Nc2ccccc2Cc2ccccc2)s1. The van der Waals surface area contributed by atoms with Crippen molar-refractivity contribution in [3.05, 3.63) is 78.4 Å². The van der Waals surface area contributed by atoms with E-state index >= 15 is 0 Å². The van der Waals surface area contributed by atoms with Gasteiger partial charge in [-0.25, -0.2) is 0 Å². The predicted octanol–water partition coefficient (Wildman–Crippen LogP) is 4.46. The standard InChI is InChI=1S/C20H20N4OS2/c1-2-12-21-19-23-24-20(27-19)26-14-18(25)22-17-11-7-6-10-16(17)13-15-8-4-3-5-9-15/h2-11H,1,12-14H2,(H,21,23)(H,22,25). The molecule has 138 valence electrons. The average molecular weight is 397 g/mol. The summed E-state index contributed by atoms with van der Waals surface area (Å²) >= 11 is 2.81. The second-order valence-electron chi connectivity index (χ2n) is 5.70. The van der Waals surface area contributed by atoms with Crippen LogP contribution in [-0.4, -0.2) is 28.4 Å². The van der Waals surface area contributed by atoms with Gasteiger partial charge in [0.2, 0.25) is 11.0 Å². The second-order valence-corrected chi connectivity index (χ2v) is 7.90. The molecule has 0 bridgehead atoms. The van der Waals surface area contributed by atoms with Crippen LogP contribution in [0.3, 0.4) is 0 Å². The fourth-order valence-corrected chi connectivity index (χ4v) is 3.98. The van der Waals surface area contributed by atoms with Crippen molar-refractivity contribution in [1.29, 1.82) is 0 Å². The normalized spacial score (nSPS) is 10.4. The topological polar surface area (TPSA) is 66.9 Å². The zero-order chi connectivity index (χ0) is 18.9. The molecule has 0 aliphatic heterocycles. The highest BCUT2D eigenvalue weighted by molar-refractivity contribution is 8.01. The maximum absolute atomic E-state index is 12.4. The molecule has 1 amide bonds. The third-order valence-electron chi connectivity index (χ3n) is 3.66. The third kappa shape index (κ3) is 5.94. The van der Waals surface area contributed by atoms with Crippen LogP contribution >= 0.6 is 23.1 Å². The lowest BCUT2D eigenvalue weighted by Crippen LogP contribution is -2.15. The number of amides is 1. The summed E-state index contributed by atoms with van der Waals surface area (Å²) in [7, 11) is 0. The minimum atomic E-state index is -0.0590. The second kappa shape index (κ2) is 9.89. The van der Waals surface area contributed by atoms with Gasteiger partial charge in [-0.15, -0.1) is 16.8 Å². The Balaban J connectivity index is 1.56. The number of nitrogens with one attached hydrogen (secondary N) is 2. The molecular formula is C20H20N4OS2. The largest absolute Gasteiger partial charge is 0.357 e. The Morgan fingerprint density at radius 3 is 2.70 bits per heavy atom. The van der Waals surface area contributed by atoms with Gasteiger partial charge < -0.3 is 10.6 Å². The highest BCUT2D eigenvalue weighted by Gasteiger charge is 2.10. The van der Waals surface area contributed by atoms with Gasteiger partial charge in [-0.3, -0.25) is 4.79 Å². The summed E-state index contributed by atoms with van der Waals surface area (Å²) in [5.41, 5.74) is 3.15. The van der Waals surface area contributed by atoms with Gasteiger partial charge in [0.15, 0.2) is 4.34 Å². The molecule has 27 heavy (non-hydrogen) atoms. The fourth-order valence-electron chi connectivity index (χ4n) is 2.42. The van der Waals surface area contributed by atoms with Crippen LogP contribution in [0.25, 0.3) is 0 Å². The first-order valence-corrected chi connectivity index (χ1v) is 10.3. The van der Waals surface area contributed by atoms with E-state index in [0.29, 0.717) is 6.54 Å². The Kier molecular flexibility index (Phi) is 7.01. The highest BCUT2D eigenvalue weighted by Crippen LogP contribution is 2.26. The van der Waals surface area contributed by atoms with E-state index in [1.165, 1.54) is 28.7 Å². The lowest BCUT2D eigenvalue weighted by molar-refractivity contribution is -0.113. The van der Waals surface area contributed by atoms with E-state index in [4.69, 9.17) is 0 Å². The van der Waals surface area contributed by atoms with Crippen molar-refractivity contribution in [1.82, 2.24) is 10.2 Å². The lowest BCUT2D eigenvalue weighted by atomic mass is 10.0. The average Bonchev–Trinajstić information content (AvgIpc) is 3.15. The van der Waals surface area contributed by atoms with Gasteiger partial charge in [-0.2, -0.15) is 0 Å². The minimum absolute atomic E-state index is 0.0590. The number of carbonyl (C=O) groups is 1. The molecule has 0 unspecified atom stereocenters. The first kappa shape index (κ1) is 19.1. The van der Waals surface area contributed by atoms with Crippen molar-refractivity contribution < 1.29 is 4.79 Å². The number of hydrogen-bond donors (Lipinski definition) is 2. The van der Waals surface area contributed by atoms with E-state index in [-0.39, 0.29) is 11.7 Å². The Labute approximate surface area is 166 Å². The van der Waals surface area contributed by atoms with Crippen LogP contribution in [0.15, 0.2) is 71.6 Å². The van der Waals surface area contributed by atoms with Crippen molar-refractivity contribution in [2.45, 2.75) is 10.8 Å². The lowest BCUT2D eigenvalue weighted by Gasteiger charge is -2.11. The molecule has 0 saturated carbocycles.